The van der Waals surface area contributed by atoms with Crippen LogP contribution in [0.5, 0.6) is 0 Å². The predicted molar refractivity (Wildman–Crippen MR) is 215 cm³/mol. The van der Waals surface area contributed by atoms with E-state index in [1.165, 1.54) is 14.2 Å². The van der Waals surface area contributed by atoms with Crippen molar-refractivity contribution in [1.29, 1.82) is 0 Å². The fraction of sp³-hybridized carbons (Fsp3) is 0.450. The lowest BCUT2D eigenvalue weighted by atomic mass is 10.0. The number of methoxy groups -OCH3 is 2. The van der Waals surface area contributed by atoms with E-state index in [2.05, 4.69) is 60.3 Å². The van der Waals surface area contributed by atoms with Crippen LogP contribution in [0, 0.1) is 23.7 Å². The Morgan fingerprint density at radius 2 is 1.43 bits per heavy atom. The lowest BCUT2D eigenvalue weighted by Gasteiger charge is -2.29. The maximum Gasteiger partial charge on any atom is 0.407 e. The smallest absolute Gasteiger partial charge is 0.407 e. The molecular weight excluding hydrogens is 753 g/mol. The van der Waals surface area contributed by atoms with Crippen LogP contribution in [0.15, 0.2) is 35.2 Å². The molecule has 0 aliphatic carbocycles. The summed E-state index contributed by atoms with van der Waals surface area (Å²) in [6.45, 7) is 8.76. The van der Waals surface area contributed by atoms with Crippen molar-refractivity contribution in [1.82, 2.24) is 40.4 Å². The minimum Gasteiger partial charge on any atom is -0.453 e. The maximum absolute atomic E-state index is 13.6. The summed E-state index contributed by atoms with van der Waals surface area (Å²) in [6.07, 6.45) is 3.66. The van der Waals surface area contributed by atoms with Crippen LogP contribution in [0.2, 0.25) is 0 Å². The summed E-state index contributed by atoms with van der Waals surface area (Å²) < 4.78 is 11.8. The number of alkyl carbamates (subject to hydrolysis) is 2. The number of hydrogen-bond acceptors (Lipinski definition) is 10. The summed E-state index contributed by atoms with van der Waals surface area (Å²) in [5.41, 5.74) is 5.47. The Morgan fingerprint density at radius 1 is 0.821 bits per heavy atom. The molecule has 4 amide bonds. The number of aromatic nitrogens is 4. The number of carbonyl (C=O) groups is 4. The molecule has 6 heterocycles. The van der Waals surface area contributed by atoms with E-state index in [1.54, 1.807) is 33.8 Å². The minimum absolute atomic E-state index is 0.111. The molecule has 7 rings (SSSR count). The highest BCUT2D eigenvalue weighted by Crippen LogP contribution is 2.41. The number of ether oxygens (including phenoxy) is 2. The molecule has 2 aliphatic rings. The number of rotatable bonds is 9. The van der Waals surface area contributed by atoms with Crippen molar-refractivity contribution in [2.24, 2.45) is 11.8 Å². The highest BCUT2D eigenvalue weighted by molar-refractivity contribution is 7.27. The van der Waals surface area contributed by atoms with Gasteiger partial charge in [0.1, 0.15) is 29.4 Å². The second-order valence-electron chi connectivity index (χ2n) is 14.8. The summed E-state index contributed by atoms with van der Waals surface area (Å²) in [5.74, 6) is 7.46. The van der Waals surface area contributed by atoms with Crippen LogP contribution < -0.4 is 10.6 Å². The van der Waals surface area contributed by atoms with E-state index >= 15 is 0 Å². The second-order valence-corrected chi connectivity index (χ2v) is 16.6. The predicted octanol–water partition coefficient (Wildman–Crippen LogP) is 6.72. The first-order valence-corrected chi connectivity index (χ1v) is 20.6. The fourth-order valence-corrected chi connectivity index (χ4v) is 9.87. The molecule has 4 N–H and O–H groups in total. The Hall–Kier alpha value is -5.40. The average molecular weight is 799 g/mol. The van der Waals surface area contributed by atoms with E-state index in [0.717, 1.165) is 68.6 Å². The molecule has 4 atom stereocenters. The molecule has 14 nitrogen and oxygen atoms in total. The zero-order valence-electron chi connectivity index (χ0n) is 32.2. The summed E-state index contributed by atoms with van der Waals surface area (Å²) in [7, 11) is 2.58. The number of thiophene rings is 2. The summed E-state index contributed by atoms with van der Waals surface area (Å²) in [6, 6.07) is 4.34. The topological polar surface area (TPSA) is 175 Å². The van der Waals surface area contributed by atoms with Gasteiger partial charge in [-0.25, -0.2) is 19.6 Å². The van der Waals surface area contributed by atoms with Crippen molar-refractivity contribution in [2.75, 3.05) is 27.3 Å². The van der Waals surface area contributed by atoms with Gasteiger partial charge in [-0.1, -0.05) is 39.7 Å². The highest BCUT2D eigenvalue weighted by atomic mass is 32.1. The Bertz CT molecular complexity index is 2330. The van der Waals surface area contributed by atoms with Crippen LogP contribution in [0.3, 0.4) is 0 Å². The highest BCUT2D eigenvalue weighted by Gasteiger charge is 2.39. The molecule has 5 aromatic rings. The largest absolute Gasteiger partial charge is 0.453 e. The molecule has 0 saturated carbocycles. The molecule has 2 unspecified atom stereocenters. The summed E-state index contributed by atoms with van der Waals surface area (Å²) >= 11 is 3.30. The van der Waals surface area contributed by atoms with Crippen molar-refractivity contribution < 1.29 is 28.7 Å². The van der Waals surface area contributed by atoms with Crippen LogP contribution in [-0.4, -0.2) is 93.1 Å². The molecule has 0 radical (unpaired) electrons. The van der Waals surface area contributed by atoms with Gasteiger partial charge in [0, 0.05) is 29.4 Å². The third-order valence-corrected chi connectivity index (χ3v) is 12.7. The normalized spacial score (nSPS) is 18.0. The Morgan fingerprint density at radius 3 is 2.04 bits per heavy atom. The number of nitrogens with one attached hydrogen (secondary N) is 4. The van der Waals surface area contributed by atoms with Gasteiger partial charge in [-0.3, -0.25) is 9.59 Å². The molecule has 0 spiro atoms. The third-order valence-electron chi connectivity index (χ3n) is 10.5. The number of aromatic amines is 2. The molecule has 4 aromatic heterocycles. The van der Waals surface area contributed by atoms with E-state index < -0.39 is 24.3 Å². The van der Waals surface area contributed by atoms with Gasteiger partial charge in [0.15, 0.2) is 0 Å². The average Bonchev–Trinajstić information content (AvgIpc) is 4.04. The van der Waals surface area contributed by atoms with Gasteiger partial charge in [0.2, 0.25) is 11.8 Å². The van der Waals surface area contributed by atoms with E-state index in [9.17, 15) is 19.2 Å². The quantitative estimate of drug-likeness (QED) is 0.119. The van der Waals surface area contributed by atoms with Gasteiger partial charge >= 0.3 is 12.2 Å². The zero-order chi connectivity index (χ0) is 39.7. The van der Waals surface area contributed by atoms with Gasteiger partial charge in [-0.15, -0.1) is 22.7 Å². The van der Waals surface area contributed by atoms with Crippen LogP contribution in [0.4, 0.5) is 9.59 Å². The number of H-pyrrole nitrogens is 2. The molecule has 2 aliphatic heterocycles. The molecule has 16 heteroatoms. The standard InChI is InChI=1S/C40H46N8O6S2/c1-21(2)31(45-39(51)53-5)37(49)47-15-7-9-29(47)35-41-18-25(42-35)13-11-24-19-55-34-26(20-56-33(24)34)23-12-14-27-28(17-23)44-36(43-27)30-10-8-16-48(30)38(50)32(22(3)4)46-40(52)54-6/h12,14,17-22,29-32H,7-10,15-16H2,1-6H3,(H,41,42)(H,43,44)(H,45,51)(H,46,52)/t29?,30?,31-,32-/m0/s1. The number of amides is 4. The molecule has 2 saturated heterocycles. The summed E-state index contributed by atoms with van der Waals surface area (Å²) in [4.78, 5) is 71.0. The number of fused-ring (bicyclic) bond motifs is 2. The van der Waals surface area contributed by atoms with Crippen LogP contribution in [-0.2, 0) is 19.1 Å². The van der Waals surface area contributed by atoms with Gasteiger partial charge in [0.05, 0.1) is 58.5 Å². The number of carbonyl (C=O) groups excluding carboxylic acids is 4. The SMILES string of the molecule is COC(=O)N[C@H](C(=O)N1CCCC1c1ncc(C#Cc2csc3c(-c4ccc5nc(C6CCCN6C(=O)[C@@H](NC(=O)OC)C(C)C)[nH]c5c4)csc23)[nH]1)C(C)C. The fourth-order valence-electron chi connectivity index (χ4n) is 7.55. The Balaban J connectivity index is 1.07. The van der Waals surface area contributed by atoms with Crippen LogP contribution >= 0.6 is 22.7 Å². The van der Waals surface area contributed by atoms with E-state index in [4.69, 9.17) is 14.5 Å². The van der Waals surface area contributed by atoms with Crippen molar-refractivity contribution in [2.45, 2.75) is 77.5 Å². The number of benzene rings is 1. The third kappa shape index (κ3) is 7.70. The van der Waals surface area contributed by atoms with Gasteiger partial charge in [0.25, 0.3) is 0 Å². The van der Waals surface area contributed by atoms with Crippen LogP contribution in [0.1, 0.15) is 88.4 Å². The number of imidazole rings is 2. The Kier molecular flexibility index (Phi) is 11.4. The molecule has 294 valence electrons. The van der Waals surface area contributed by atoms with Gasteiger partial charge in [-0.05, 0) is 61.1 Å². The zero-order valence-corrected chi connectivity index (χ0v) is 33.9. The monoisotopic (exact) mass is 798 g/mol. The number of hydrogen-bond donors (Lipinski definition) is 4. The summed E-state index contributed by atoms with van der Waals surface area (Å²) in [5, 5.41) is 9.62. The second kappa shape index (κ2) is 16.4. The van der Waals surface area contributed by atoms with E-state index in [0.29, 0.717) is 24.6 Å². The molecular formula is C40H46N8O6S2. The first-order valence-electron chi connectivity index (χ1n) is 18.8. The van der Waals surface area contributed by atoms with E-state index in [1.807, 2.05) is 38.7 Å². The van der Waals surface area contributed by atoms with Crippen molar-refractivity contribution in [3.05, 3.63) is 58.1 Å². The van der Waals surface area contributed by atoms with E-state index in [-0.39, 0.29) is 35.7 Å². The lowest BCUT2D eigenvalue weighted by molar-refractivity contribution is -0.136. The number of likely N-dealkylation sites (tertiary alicyclic amines) is 2. The van der Waals surface area contributed by atoms with Crippen molar-refractivity contribution in [3.8, 4) is 23.0 Å². The maximum atomic E-state index is 13.6. The van der Waals surface area contributed by atoms with Crippen molar-refractivity contribution >= 4 is 67.1 Å². The Labute approximate surface area is 332 Å². The van der Waals surface area contributed by atoms with Gasteiger partial charge < -0.3 is 39.9 Å². The molecule has 1 aromatic carbocycles. The first kappa shape index (κ1) is 38.9. The van der Waals surface area contributed by atoms with Crippen LogP contribution in [0.25, 0.3) is 31.6 Å². The first-order chi connectivity index (χ1) is 27.0. The molecule has 2 fully saturated rings. The molecule has 56 heavy (non-hydrogen) atoms. The number of nitrogens with zero attached hydrogens (tertiary/aromatic N) is 4. The minimum atomic E-state index is -0.699. The van der Waals surface area contributed by atoms with Crippen molar-refractivity contribution in [3.63, 3.8) is 0 Å². The van der Waals surface area contributed by atoms with Gasteiger partial charge in [-0.2, -0.15) is 0 Å². The molecule has 0 bridgehead atoms. The lowest BCUT2D eigenvalue weighted by Crippen LogP contribution is -2.51.